The molecule has 31 heavy (non-hydrogen) atoms. The summed E-state index contributed by atoms with van der Waals surface area (Å²) < 4.78 is 5.59. The molecule has 0 amide bonds. The highest BCUT2D eigenvalue weighted by molar-refractivity contribution is 5.87. The number of nitrogens with zero attached hydrogens (tertiary/aromatic N) is 2. The molecule has 0 saturated carbocycles. The van der Waals surface area contributed by atoms with Gasteiger partial charge in [-0.3, -0.25) is 5.43 Å². The molecule has 5 rings (SSSR count). The highest BCUT2D eigenvalue weighted by atomic mass is 16.5. The molecule has 0 spiro atoms. The van der Waals surface area contributed by atoms with Crippen molar-refractivity contribution < 1.29 is 4.74 Å². The molecule has 1 fully saturated rings. The Kier molecular flexibility index (Phi) is 5.81. The lowest BCUT2D eigenvalue weighted by atomic mass is 10.1. The van der Waals surface area contributed by atoms with Crippen molar-refractivity contribution in [3.63, 3.8) is 0 Å². The molecule has 1 N–H and O–H groups in total. The third-order valence-corrected chi connectivity index (χ3v) is 5.90. The van der Waals surface area contributed by atoms with Crippen LogP contribution in [0.3, 0.4) is 0 Å². The van der Waals surface area contributed by atoms with Gasteiger partial charge in [0.15, 0.2) is 0 Å². The molecule has 2 aliphatic rings. The minimum atomic E-state index is 0.780. The third-order valence-electron chi connectivity index (χ3n) is 5.90. The Morgan fingerprint density at radius 2 is 1.61 bits per heavy atom. The van der Waals surface area contributed by atoms with E-state index in [0.29, 0.717) is 0 Å². The highest BCUT2D eigenvalue weighted by Crippen LogP contribution is 2.35. The molecule has 1 saturated heterocycles. The van der Waals surface area contributed by atoms with E-state index >= 15 is 0 Å². The molecular weight excluding hydrogens is 382 g/mol. The summed E-state index contributed by atoms with van der Waals surface area (Å²) >= 11 is 0. The molecule has 0 atom stereocenters. The lowest BCUT2D eigenvalue weighted by Crippen LogP contribution is -2.36. The van der Waals surface area contributed by atoms with Crippen LogP contribution in [-0.4, -0.2) is 37.4 Å². The summed E-state index contributed by atoms with van der Waals surface area (Å²) in [4.78, 5) is 2.46. The van der Waals surface area contributed by atoms with Crippen LogP contribution in [0.5, 0.6) is 0 Å². The number of morpholine rings is 1. The van der Waals surface area contributed by atoms with Crippen LogP contribution in [0, 0.1) is 0 Å². The van der Waals surface area contributed by atoms with Gasteiger partial charge in [0.1, 0.15) is 0 Å². The zero-order chi connectivity index (χ0) is 20.9. The maximum absolute atomic E-state index is 5.59. The second-order valence-corrected chi connectivity index (χ2v) is 7.99. The molecule has 0 radical (unpaired) electrons. The Bertz CT molecular complexity index is 1140. The number of hydrogen-bond acceptors (Lipinski definition) is 4. The van der Waals surface area contributed by atoms with E-state index in [2.05, 4.69) is 94.3 Å². The van der Waals surface area contributed by atoms with Gasteiger partial charge in [-0.2, -0.15) is 5.10 Å². The van der Waals surface area contributed by atoms with Crippen LogP contribution in [0.4, 0.5) is 5.69 Å². The number of ether oxygens (including phenoxy) is 1. The largest absolute Gasteiger partial charge is 0.378 e. The molecule has 4 heteroatoms. The predicted molar refractivity (Wildman–Crippen MR) is 129 cm³/mol. The first kappa shape index (κ1) is 19.6. The van der Waals surface area contributed by atoms with Crippen molar-refractivity contribution in [2.24, 2.45) is 5.10 Å². The smallest absolute Gasteiger partial charge is 0.0642 e. The van der Waals surface area contributed by atoms with Crippen molar-refractivity contribution in [1.82, 2.24) is 4.90 Å². The van der Waals surface area contributed by atoms with E-state index in [-0.39, 0.29) is 0 Å². The molecular formula is C27H27N3O. The first-order valence-electron chi connectivity index (χ1n) is 11.0. The standard InChI is InChI=1S/C27H27N3O/c1-2-6-21(7-3-1)18-24-10-11-25(27(24)30-14-16-31-17-15-30)20-28-29-26-13-12-22-8-4-5-9-23(22)19-26/h1-9,12-13,18-20,29H,10-11,14-17H2/b24-18+,28-20+. The maximum Gasteiger partial charge on any atom is 0.0642 e. The maximum atomic E-state index is 5.59. The average molecular weight is 410 g/mol. The normalized spacial score (nSPS) is 18.5. The van der Waals surface area contributed by atoms with Crippen molar-refractivity contribution in [3.8, 4) is 0 Å². The first-order valence-corrected chi connectivity index (χ1v) is 11.0. The Morgan fingerprint density at radius 3 is 2.45 bits per heavy atom. The number of hydrogen-bond donors (Lipinski definition) is 1. The van der Waals surface area contributed by atoms with Gasteiger partial charge in [0.05, 0.1) is 25.1 Å². The van der Waals surface area contributed by atoms with Crippen LogP contribution in [0.15, 0.2) is 94.7 Å². The first-order chi connectivity index (χ1) is 15.4. The van der Waals surface area contributed by atoms with Gasteiger partial charge in [-0.25, -0.2) is 0 Å². The molecule has 156 valence electrons. The fourth-order valence-corrected chi connectivity index (χ4v) is 4.37. The number of hydrazone groups is 1. The Labute approximate surface area is 183 Å². The molecule has 0 unspecified atom stereocenters. The lowest BCUT2D eigenvalue weighted by molar-refractivity contribution is 0.0548. The van der Waals surface area contributed by atoms with Crippen LogP contribution in [0.25, 0.3) is 16.8 Å². The third kappa shape index (κ3) is 4.54. The molecule has 3 aromatic rings. The van der Waals surface area contributed by atoms with E-state index in [9.17, 15) is 0 Å². The van der Waals surface area contributed by atoms with E-state index < -0.39 is 0 Å². The molecule has 1 heterocycles. The molecule has 0 aromatic heterocycles. The SMILES string of the molecule is C(=N\Nc1ccc2ccccc2c1)/C1=C(N2CCOCC2)C(=C/c2ccccc2)/CC1. The number of rotatable bonds is 5. The minimum Gasteiger partial charge on any atom is -0.378 e. The van der Waals surface area contributed by atoms with E-state index in [1.54, 1.807) is 0 Å². The summed E-state index contributed by atoms with van der Waals surface area (Å²) in [7, 11) is 0. The summed E-state index contributed by atoms with van der Waals surface area (Å²) in [5, 5.41) is 7.05. The molecule has 3 aromatic carbocycles. The summed E-state index contributed by atoms with van der Waals surface area (Å²) in [6.45, 7) is 3.41. The fourth-order valence-electron chi connectivity index (χ4n) is 4.37. The number of fused-ring (bicyclic) bond motifs is 1. The molecule has 1 aliphatic heterocycles. The zero-order valence-electron chi connectivity index (χ0n) is 17.6. The van der Waals surface area contributed by atoms with Crippen LogP contribution in [0.1, 0.15) is 18.4 Å². The number of allylic oxidation sites excluding steroid dienone is 2. The van der Waals surface area contributed by atoms with E-state index in [4.69, 9.17) is 4.74 Å². The summed E-state index contributed by atoms with van der Waals surface area (Å²) in [5.41, 5.74) is 9.48. The van der Waals surface area contributed by atoms with Crippen LogP contribution < -0.4 is 5.43 Å². The quantitative estimate of drug-likeness (QED) is 0.434. The van der Waals surface area contributed by atoms with E-state index in [1.165, 1.54) is 33.2 Å². The summed E-state index contributed by atoms with van der Waals surface area (Å²) in [6, 6.07) is 25.3. The average Bonchev–Trinajstić information content (AvgIpc) is 3.22. The Morgan fingerprint density at radius 1 is 0.839 bits per heavy atom. The van der Waals surface area contributed by atoms with Crippen LogP contribution in [0.2, 0.25) is 0 Å². The van der Waals surface area contributed by atoms with Crippen molar-refractivity contribution in [1.29, 1.82) is 0 Å². The van der Waals surface area contributed by atoms with Crippen molar-refractivity contribution in [2.45, 2.75) is 12.8 Å². The van der Waals surface area contributed by atoms with Gasteiger partial charge in [0, 0.05) is 18.8 Å². The summed E-state index contributed by atoms with van der Waals surface area (Å²) in [6.07, 6.45) is 6.38. The number of benzene rings is 3. The van der Waals surface area contributed by atoms with E-state index in [0.717, 1.165) is 44.8 Å². The number of nitrogens with one attached hydrogen (secondary N) is 1. The van der Waals surface area contributed by atoms with Crippen molar-refractivity contribution in [2.75, 3.05) is 31.7 Å². The topological polar surface area (TPSA) is 36.9 Å². The zero-order valence-corrected chi connectivity index (χ0v) is 17.6. The summed E-state index contributed by atoms with van der Waals surface area (Å²) in [5.74, 6) is 0. The monoisotopic (exact) mass is 409 g/mol. The van der Waals surface area contributed by atoms with E-state index in [1.807, 2.05) is 6.21 Å². The minimum absolute atomic E-state index is 0.780. The van der Waals surface area contributed by atoms with Gasteiger partial charge in [-0.1, -0.05) is 60.7 Å². The molecule has 4 nitrogen and oxygen atoms in total. The van der Waals surface area contributed by atoms with Gasteiger partial charge >= 0.3 is 0 Å². The fraction of sp³-hybridized carbons (Fsp3) is 0.222. The van der Waals surface area contributed by atoms with Gasteiger partial charge in [-0.15, -0.1) is 0 Å². The van der Waals surface area contributed by atoms with Crippen molar-refractivity contribution in [3.05, 3.63) is 95.2 Å². The lowest BCUT2D eigenvalue weighted by Gasteiger charge is -2.31. The van der Waals surface area contributed by atoms with Gasteiger partial charge < -0.3 is 9.64 Å². The molecule has 1 aliphatic carbocycles. The van der Waals surface area contributed by atoms with Gasteiger partial charge in [-0.05, 0) is 58.5 Å². The second-order valence-electron chi connectivity index (χ2n) is 7.99. The Hall–Kier alpha value is -3.37. The van der Waals surface area contributed by atoms with Crippen LogP contribution >= 0.6 is 0 Å². The number of anilines is 1. The van der Waals surface area contributed by atoms with Crippen LogP contribution in [-0.2, 0) is 4.74 Å². The van der Waals surface area contributed by atoms with Gasteiger partial charge in [0.25, 0.3) is 0 Å². The predicted octanol–water partition coefficient (Wildman–Crippen LogP) is 5.70. The van der Waals surface area contributed by atoms with Crippen molar-refractivity contribution >= 4 is 28.8 Å². The highest BCUT2D eigenvalue weighted by Gasteiger charge is 2.25. The Balaban J connectivity index is 1.41. The van der Waals surface area contributed by atoms with Gasteiger partial charge in [0.2, 0.25) is 0 Å². The molecule has 0 bridgehead atoms. The second kappa shape index (κ2) is 9.19.